The molecule has 1 aliphatic rings. The molecule has 0 unspecified atom stereocenters. The summed E-state index contributed by atoms with van der Waals surface area (Å²) in [7, 11) is 0. The number of hydrogen-bond acceptors (Lipinski definition) is 9. The van der Waals surface area contributed by atoms with E-state index >= 15 is 0 Å². The number of aromatic nitrogens is 4. The Morgan fingerprint density at radius 1 is 1.27 bits per heavy atom. The van der Waals surface area contributed by atoms with Crippen LogP contribution in [0.2, 0.25) is 0 Å². The van der Waals surface area contributed by atoms with E-state index in [1.165, 1.54) is 17.2 Å². The maximum Gasteiger partial charge on any atom is 0.167 e. The smallest absolute Gasteiger partial charge is 0.167 e. The molecule has 4 atom stereocenters. The Hall–Kier alpha value is -1.85. The number of rotatable bonds is 5. The number of anilines is 1. The highest BCUT2D eigenvalue weighted by Gasteiger charge is 2.44. The van der Waals surface area contributed by atoms with Crippen molar-refractivity contribution in [2.24, 2.45) is 0 Å². The molecule has 0 bridgehead atoms. The van der Waals surface area contributed by atoms with Gasteiger partial charge < -0.3 is 30.5 Å². The molecule has 10 heteroatoms. The van der Waals surface area contributed by atoms with Crippen molar-refractivity contribution < 1.29 is 24.8 Å². The maximum atomic E-state index is 10.2. The van der Waals surface area contributed by atoms with Crippen LogP contribution < -0.4 is 5.73 Å². The summed E-state index contributed by atoms with van der Waals surface area (Å²) in [5.74, 6) is 0.222. The fourth-order valence-corrected chi connectivity index (χ4v) is 2.42. The molecular formula is C12H17N5O5. The average Bonchev–Trinajstić information content (AvgIpc) is 3.05. The van der Waals surface area contributed by atoms with Gasteiger partial charge in [0.25, 0.3) is 0 Å². The second-order valence-corrected chi connectivity index (χ2v) is 4.93. The normalized spacial score (nSPS) is 28.5. The highest BCUT2D eigenvalue weighted by molar-refractivity contribution is 5.81. The number of aliphatic hydroxyl groups excluding tert-OH is 3. The van der Waals surface area contributed by atoms with Crippen LogP contribution in [0.15, 0.2) is 12.7 Å². The lowest BCUT2D eigenvalue weighted by atomic mass is 10.1. The van der Waals surface area contributed by atoms with E-state index in [-0.39, 0.29) is 25.6 Å². The van der Waals surface area contributed by atoms with Crippen molar-refractivity contribution in [2.45, 2.75) is 24.5 Å². The van der Waals surface area contributed by atoms with Crippen LogP contribution in [0.25, 0.3) is 11.2 Å². The van der Waals surface area contributed by atoms with Gasteiger partial charge >= 0.3 is 0 Å². The van der Waals surface area contributed by atoms with E-state index in [1.807, 2.05) is 0 Å². The molecule has 1 aliphatic heterocycles. The first-order chi connectivity index (χ1) is 10.6. The molecule has 0 saturated carbocycles. The molecule has 3 rings (SSSR count). The molecule has 120 valence electrons. The highest BCUT2D eigenvalue weighted by Crippen LogP contribution is 2.31. The minimum Gasteiger partial charge on any atom is -0.394 e. The van der Waals surface area contributed by atoms with E-state index in [9.17, 15) is 10.2 Å². The molecule has 3 heterocycles. The summed E-state index contributed by atoms with van der Waals surface area (Å²) in [5, 5.41) is 28.9. The largest absolute Gasteiger partial charge is 0.394 e. The number of aliphatic hydroxyl groups is 3. The van der Waals surface area contributed by atoms with Gasteiger partial charge in [-0.25, -0.2) is 15.0 Å². The van der Waals surface area contributed by atoms with Crippen molar-refractivity contribution in [1.29, 1.82) is 0 Å². The SMILES string of the molecule is Nc1ncnc2c1ncn2[C@@H]1O[C@H](COCCO)[C@@H](O)[C@H]1O. The van der Waals surface area contributed by atoms with Crippen LogP contribution >= 0.6 is 0 Å². The number of nitrogens with zero attached hydrogens (tertiary/aromatic N) is 4. The van der Waals surface area contributed by atoms with Gasteiger partial charge in [-0.15, -0.1) is 0 Å². The maximum absolute atomic E-state index is 10.2. The van der Waals surface area contributed by atoms with Crippen LogP contribution in [0.4, 0.5) is 5.82 Å². The van der Waals surface area contributed by atoms with Crippen LogP contribution in [0, 0.1) is 0 Å². The van der Waals surface area contributed by atoms with Gasteiger partial charge in [-0.3, -0.25) is 4.57 Å². The summed E-state index contributed by atoms with van der Waals surface area (Å²) in [5.41, 5.74) is 6.51. The zero-order valence-corrected chi connectivity index (χ0v) is 11.6. The van der Waals surface area contributed by atoms with Gasteiger partial charge in [0.1, 0.15) is 30.2 Å². The Balaban J connectivity index is 1.83. The molecule has 2 aromatic rings. The molecular weight excluding hydrogens is 294 g/mol. The molecule has 2 aromatic heterocycles. The topological polar surface area (TPSA) is 149 Å². The number of nitrogens with two attached hydrogens (primary N) is 1. The van der Waals surface area contributed by atoms with E-state index in [1.54, 1.807) is 0 Å². The van der Waals surface area contributed by atoms with Gasteiger partial charge in [-0.2, -0.15) is 0 Å². The van der Waals surface area contributed by atoms with Gasteiger partial charge in [0.15, 0.2) is 17.7 Å². The lowest BCUT2D eigenvalue weighted by Gasteiger charge is -2.16. The van der Waals surface area contributed by atoms with Crippen molar-refractivity contribution in [3.63, 3.8) is 0 Å². The Labute approximate surface area is 125 Å². The molecule has 1 fully saturated rings. The third-order valence-corrected chi connectivity index (χ3v) is 3.52. The Bertz CT molecular complexity index is 650. The summed E-state index contributed by atoms with van der Waals surface area (Å²) >= 11 is 0. The quantitative estimate of drug-likeness (QED) is 0.461. The Morgan fingerprint density at radius 3 is 2.86 bits per heavy atom. The first-order valence-electron chi connectivity index (χ1n) is 6.76. The van der Waals surface area contributed by atoms with E-state index in [4.69, 9.17) is 20.3 Å². The second-order valence-electron chi connectivity index (χ2n) is 4.93. The summed E-state index contributed by atoms with van der Waals surface area (Å²) in [6.07, 6.45) is -1.17. The number of hydrogen-bond donors (Lipinski definition) is 4. The summed E-state index contributed by atoms with van der Waals surface area (Å²) < 4.78 is 12.3. The lowest BCUT2D eigenvalue weighted by molar-refractivity contribution is -0.0684. The monoisotopic (exact) mass is 311 g/mol. The molecule has 0 aromatic carbocycles. The van der Waals surface area contributed by atoms with E-state index in [2.05, 4.69) is 15.0 Å². The second kappa shape index (κ2) is 6.10. The Morgan fingerprint density at radius 2 is 2.09 bits per heavy atom. The highest BCUT2D eigenvalue weighted by atomic mass is 16.6. The van der Waals surface area contributed by atoms with Gasteiger partial charge in [-0.1, -0.05) is 0 Å². The molecule has 0 radical (unpaired) electrons. The zero-order valence-electron chi connectivity index (χ0n) is 11.6. The van der Waals surface area contributed by atoms with Crippen molar-refractivity contribution in [3.8, 4) is 0 Å². The van der Waals surface area contributed by atoms with Crippen molar-refractivity contribution >= 4 is 17.0 Å². The molecule has 0 amide bonds. The molecule has 10 nitrogen and oxygen atoms in total. The zero-order chi connectivity index (χ0) is 15.7. The first-order valence-corrected chi connectivity index (χ1v) is 6.76. The van der Waals surface area contributed by atoms with Gasteiger partial charge in [-0.05, 0) is 0 Å². The van der Waals surface area contributed by atoms with Crippen LogP contribution in [-0.2, 0) is 9.47 Å². The summed E-state index contributed by atoms with van der Waals surface area (Å²) in [6, 6.07) is 0. The molecule has 1 saturated heterocycles. The van der Waals surface area contributed by atoms with Crippen molar-refractivity contribution in [3.05, 3.63) is 12.7 Å². The number of imidazole rings is 1. The predicted molar refractivity (Wildman–Crippen MR) is 73.6 cm³/mol. The van der Waals surface area contributed by atoms with Crippen molar-refractivity contribution in [1.82, 2.24) is 19.5 Å². The Kier molecular flexibility index (Phi) is 4.18. The van der Waals surface area contributed by atoms with E-state index in [0.29, 0.717) is 11.2 Å². The molecule has 5 N–H and O–H groups in total. The van der Waals surface area contributed by atoms with E-state index < -0.39 is 24.5 Å². The third-order valence-electron chi connectivity index (χ3n) is 3.52. The van der Waals surface area contributed by atoms with Crippen LogP contribution in [0.1, 0.15) is 6.23 Å². The summed E-state index contributed by atoms with van der Waals surface area (Å²) in [6.45, 7) is 0.0568. The van der Waals surface area contributed by atoms with Crippen LogP contribution in [0.5, 0.6) is 0 Å². The van der Waals surface area contributed by atoms with Crippen molar-refractivity contribution in [2.75, 3.05) is 25.6 Å². The third kappa shape index (κ3) is 2.51. The lowest BCUT2D eigenvalue weighted by Crippen LogP contribution is -2.34. The fourth-order valence-electron chi connectivity index (χ4n) is 2.42. The number of ether oxygens (including phenoxy) is 2. The van der Waals surface area contributed by atoms with Crippen LogP contribution in [-0.4, -0.2) is 73.0 Å². The predicted octanol–water partition coefficient (Wildman–Crippen LogP) is -1.96. The first kappa shape index (κ1) is 15.1. The molecule has 22 heavy (non-hydrogen) atoms. The minimum atomic E-state index is -1.17. The van der Waals surface area contributed by atoms with Gasteiger partial charge in [0.2, 0.25) is 0 Å². The summed E-state index contributed by atoms with van der Waals surface area (Å²) in [4.78, 5) is 12.0. The molecule has 0 aliphatic carbocycles. The van der Waals surface area contributed by atoms with Gasteiger partial charge in [0, 0.05) is 0 Å². The number of fused-ring (bicyclic) bond motifs is 1. The van der Waals surface area contributed by atoms with Gasteiger partial charge in [0.05, 0.1) is 26.1 Å². The van der Waals surface area contributed by atoms with E-state index in [0.717, 1.165) is 0 Å². The number of nitrogen functional groups attached to an aromatic ring is 1. The average molecular weight is 311 g/mol. The fraction of sp³-hybridized carbons (Fsp3) is 0.583. The minimum absolute atomic E-state index is 0.0546. The standard InChI is InChI=1S/C12H17N5O5/c13-10-7-11(15-4-14-10)17(5-16-7)12-9(20)8(19)6(22-12)3-21-2-1-18/h4-6,8-9,12,18-20H,1-3H2,(H2,13,14,15)/t6-,8-,9-,12-/m1/s1. The van der Waals surface area contributed by atoms with Crippen LogP contribution in [0.3, 0.4) is 0 Å². The molecule has 0 spiro atoms.